The van der Waals surface area contributed by atoms with Crippen molar-refractivity contribution in [3.8, 4) is 40.5 Å². The number of pyridine rings is 1. The first-order chi connectivity index (χ1) is 26.7. The Kier molecular flexibility index (Phi) is 13.3. The molecule has 3 heterocycles. The third-order valence-electron chi connectivity index (χ3n) is 9.65. The molecule has 0 saturated carbocycles. The van der Waals surface area contributed by atoms with Crippen LogP contribution in [0.2, 0.25) is 5.02 Å². The van der Waals surface area contributed by atoms with Gasteiger partial charge in [-0.3, -0.25) is 9.88 Å². The standard InChI is InChI=1S/C43H44ClN7O4/c1-29-33(7-4-8-37(29)38-9-5-10-40(30(38)2)53-16-6-14-51-15-12-36(52)26-51)28-55-42-19-41(54-27-32-17-31(20-45)22-47-23-32)34(18-39(42)44)24-50(3)25-35-11-13-48-43(21-46)49-35/h4-5,7-11,13,17-19,22-23,36,52H,6,12,14-16,24-28H2,1-3H3. The van der Waals surface area contributed by atoms with E-state index in [-0.39, 0.29) is 25.1 Å². The maximum absolute atomic E-state index is 9.81. The second-order valence-electron chi connectivity index (χ2n) is 13.8. The van der Waals surface area contributed by atoms with Crippen molar-refractivity contribution in [3.63, 3.8) is 0 Å². The molecule has 1 saturated heterocycles. The van der Waals surface area contributed by atoms with Crippen LogP contribution in [0.25, 0.3) is 11.1 Å². The van der Waals surface area contributed by atoms with Crippen LogP contribution in [0.3, 0.4) is 0 Å². The van der Waals surface area contributed by atoms with Gasteiger partial charge in [0.25, 0.3) is 0 Å². The third kappa shape index (κ3) is 10.4. The number of aliphatic hydroxyl groups is 1. The van der Waals surface area contributed by atoms with Gasteiger partial charge in [-0.25, -0.2) is 9.97 Å². The summed E-state index contributed by atoms with van der Waals surface area (Å²) >= 11 is 6.88. The maximum atomic E-state index is 9.81. The van der Waals surface area contributed by atoms with Gasteiger partial charge in [0.2, 0.25) is 5.82 Å². The Morgan fingerprint density at radius 2 is 1.69 bits per heavy atom. The lowest BCUT2D eigenvalue weighted by Crippen LogP contribution is -2.24. The normalized spacial score (nSPS) is 14.1. The van der Waals surface area contributed by atoms with E-state index in [1.165, 1.54) is 6.20 Å². The van der Waals surface area contributed by atoms with Gasteiger partial charge in [0.05, 0.1) is 29.0 Å². The van der Waals surface area contributed by atoms with Crippen LogP contribution in [-0.2, 0) is 26.3 Å². The average Bonchev–Trinajstić information content (AvgIpc) is 3.61. The molecule has 0 bridgehead atoms. The van der Waals surface area contributed by atoms with Crippen molar-refractivity contribution < 1.29 is 19.3 Å². The van der Waals surface area contributed by atoms with Crippen molar-refractivity contribution in [3.05, 3.63) is 129 Å². The Hall–Kier alpha value is -5.56. The van der Waals surface area contributed by atoms with Gasteiger partial charge in [0.1, 0.15) is 42.6 Å². The Balaban J connectivity index is 1.17. The number of ether oxygens (including phenoxy) is 3. The number of aromatic nitrogens is 3. The van der Waals surface area contributed by atoms with Gasteiger partial charge in [-0.1, -0.05) is 41.9 Å². The molecule has 2 aromatic heterocycles. The molecule has 12 heteroatoms. The number of nitriles is 2. The molecule has 0 amide bonds. The van der Waals surface area contributed by atoms with Crippen LogP contribution in [0.4, 0.5) is 0 Å². The predicted octanol–water partition coefficient (Wildman–Crippen LogP) is 7.18. The summed E-state index contributed by atoms with van der Waals surface area (Å²) in [6, 6.07) is 23.7. The summed E-state index contributed by atoms with van der Waals surface area (Å²) in [5, 5.41) is 28.8. The highest BCUT2D eigenvalue weighted by molar-refractivity contribution is 6.32. The summed E-state index contributed by atoms with van der Waals surface area (Å²) in [6.07, 6.45) is 6.29. The second-order valence-corrected chi connectivity index (χ2v) is 14.2. The zero-order valence-corrected chi connectivity index (χ0v) is 32.1. The highest BCUT2D eigenvalue weighted by Gasteiger charge is 2.20. The molecule has 11 nitrogen and oxygen atoms in total. The van der Waals surface area contributed by atoms with Crippen molar-refractivity contribution in [2.45, 2.75) is 59.1 Å². The number of rotatable bonds is 16. The van der Waals surface area contributed by atoms with E-state index in [9.17, 15) is 15.6 Å². The van der Waals surface area contributed by atoms with E-state index in [4.69, 9.17) is 25.8 Å². The molecular formula is C43H44ClN7O4. The molecule has 282 valence electrons. The Bertz CT molecular complexity index is 2200. The van der Waals surface area contributed by atoms with E-state index < -0.39 is 0 Å². The molecule has 0 radical (unpaired) electrons. The molecule has 1 unspecified atom stereocenters. The van der Waals surface area contributed by atoms with E-state index in [1.54, 1.807) is 24.5 Å². The molecule has 5 aromatic rings. The lowest BCUT2D eigenvalue weighted by molar-refractivity contribution is 0.173. The minimum Gasteiger partial charge on any atom is -0.493 e. The van der Waals surface area contributed by atoms with Gasteiger partial charge in [-0.15, -0.1) is 0 Å². The summed E-state index contributed by atoms with van der Waals surface area (Å²) in [4.78, 5) is 16.8. The van der Waals surface area contributed by atoms with Gasteiger partial charge in [0.15, 0.2) is 0 Å². The fourth-order valence-electron chi connectivity index (χ4n) is 6.73. The molecule has 1 aliphatic heterocycles. The van der Waals surface area contributed by atoms with Crippen LogP contribution < -0.4 is 14.2 Å². The molecule has 1 atom stereocenters. The van der Waals surface area contributed by atoms with Crippen LogP contribution in [0.1, 0.15) is 57.7 Å². The molecule has 0 aliphatic carbocycles. The Morgan fingerprint density at radius 1 is 0.891 bits per heavy atom. The van der Waals surface area contributed by atoms with Crippen LogP contribution in [0.15, 0.2) is 79.3 Å². The summed E-state index contributed by atoms with van der Waals surface area (Å²) in [5.41, 5.74) is 8.12. The van der Waals surface area contributed by atoms with Crippen LogP contribution >= 0.6 is 11.6 Å². The van der Waals surface area contributed by atoms with E-state index >= 15 is 0 Å². The number of hydrogen-bond donors (Lipinski definition) is 1. The van der Waals surface area contributed by atoms with Gasteiger partial charge in [-0.2, -0.15) is 10.5 Å². The van der Waals surface area contributed by atoms with Crippen molar-refractivity contribution in [2.24, 2.45) is 0 Å². The Morgan fingerprint density at radius 3 is 2.47 bits per heavy atom. The predicted molar refractivity (Wildman–Crippen MR) is 210 cm³/mol. The van der Waals surface area contributed by atoms with Crippen molar-refractivity contribution >= 4 is 11.6 Å². The fourth-order valence-corrected chi connectivity index (χ4v) is 6.97. The summed E-state index contributed by atoms with van der Waals surface area (Å²) in [6.45, 7) is 8.79. The molecule has 55 heavy (non-hydrogen) atoms. The average molecular weight is 758 g/mol. The highest BCUT2D eigenvalue weighted by Crippen LogP contribution is 2.37. The van der Waals surface area contributed by atoms with Gasteiger partial charge >= 0.3 is 0 Å². The zero-order chi connectivity index (χ0) is 38.7. The maximum Gasteiger partial charge on any atom is 0.232 e. The van der Waals surface area contributed by atoms with Crippen LogP contribution in [0, 0.1) is 36.5 Å². The van der Waals surface area contributed by atoms with Crippen molar-refractivity contribution in [1.29, 1.82) is 10.5 Å². The van der Waals surface area contributed by atoms with Gasteiger partial charge in [-0.05, 0) is 85.8 Å². The van der Waals surface area contributed by atoms with Crippen molar-refractivity contribution in [1.82, 2.24) is 24.8 Å². The van der Waals surface area contributed by atoms with Gasteiger partial charge < -0.3 is 24.2 Å². The zero-order valence-electron chi connectivity index (χ0n) is 31.3. The monoisotopic (exact) mass is 757 g/mol. The minimum atomic E-state index is -0.211. The molecule has 1 aliphatic rings. The van der Waals surface area contributed by atoms with E-state index in [2.05, 4.69) is 58.0 Å². The van der Waals surface area contributed by atoms with Crippen LogP contribution in [0.5, 0.6) is 17.2 Å². The number of halogens is 1. The SMILES string of the molecule is Cc1c(COc2cc(OCc3cncc(C#N)c3)c(CN(C)Cc3ccnc(C#N)n3)cc2Cl)cccc1-c1cccc(OCCCN2CCC(O)C2)c1C. The lowest BCUT2D eigenvalue weighted by Gasteiger charge is -2.21. The largest absolute Gasteiger partial charge is 0.493 e. The summed E-state index contributed by atoms with van der Waals surface area (Å²) < 4.78 is 19.0. The first-order valence-corrected chi connectivity index (χ1v) is 18.6. The smallest absolute Gasteiger partial charge is 0.232 e. The number of likely N-dealkylation sites (tertiary alicyclic amines) is 1. The Labute approximate surface area is 327 Å². The molecule has 3 aromatic carbocycles. The number of nitrogens with zero attached hydrogens (tertiary/aromatic N) is 7. The molecule has 0 spiro atoms. The van der Waals surface area contributed by atoms with Crippen molar-refractivity contribution in [2.75, 3.05) is 33.3 Å². The van der Waals surface area contributed by atoms with E-state index in [1.807, 2.05) is 48.3 Å². The number of aliphatic hydroxyl groups excluding tert-OH is 1. The number of β-amino-alcohol motifs (C(OH)–C–C–N with tert-alkyl or cyclic N) is 1. The van der Waals surface area contributed by atoms with Gasteiger partial charge in [0, 0.05) is 68.5 Å². The minimum absolute atomic E-state index is 0.119. The summed E-state index contributed by atoms with van der Waals surface area (Å²) in [7, 11) is 1.94. The van der Waals surface area contributed by atoms with E-state index in [0.29, 0.717) is 47.5 Å². The molecule has 1 N–H and O–H groups in total. The molecule has 6 rings (SSSR count). The summed E-state index contributed by atoms with van der Waals surface area (Å²) in [5.74, 6) is 2.03. The van der Waals surface area contributed by atoms with E-state index in [0.717, 1.165) is 77.2 Å². The second kappa shape index (κ2) is 18.7. The number of hydrogen-bond acceptors (Lipinski definition) is 11. The first kappa shape index (κ1) is 39.1. The molecule has 1 fully saturated rings. The molecular weight excluding hydrogens is 714 g/mol. The fraction of sp³-hybridized carbons (Fsp3) is 0.326. The topological polar surface area (TPSA) is 141 Å². The quantitative estimate of drug-likeness (QED) is 0.102. The first-order valence-electron chi connectivity index (χ1n) is 18.2. The number of benzene rings is 3. The highest BCUT2D eigenvalue weighted by atomic mass is 35.5. The van der Waals surface area contributed by atoms with Crippen LogP contribution in [-0.4, -0.2) is 69.3 Å². The third-order valence-corrected chi connectivity index (χ3v) is 9.94. The lowest BCUT2D eigenvalue weighted by atomic mass is 9.93.